The second-order valence-electron chi connectivity index (χ2n) is 6.43. The molecule has 2 aromatic carbocycles. The normalized spacial score (nSPS) is 10.6. The molecular formula is C23H20N4O. The van der Waals surface area contributed by atoms with E-state index in [-0.39, 0.29) is 5.91 Å². The van der Waals surface area contributed by atoms with Crippen LogP contribution in [0.15, 0.2) is 85.2 Å². The number of fused-ring (bicyclic) bond motifs is 1. The van der Waals surface area contributed by atoms with Crippen molar-refractivity contribution in [3.8, 4) is 0 Å². The van der Waals surface area contributed by atoms with Crippen LogP contribution in [0.3, 0.4) is 0 Å². The van der Waals surface area contributed by atoms with Gasteiger partial charge in [-0.05, 0) is 36.2 Å². The Bertz CT molecular complexity index is 1090. The minimum atomic E-state index is -0.113. The molecule has 5 nitrogen and oxygen atoms in total. The van der Waals surface area contributed by atoms with Gasteiger partial charge in [-0.15, -0.1) is 0 Å². The van der Waals surface area contributed by atoms with Gasteiger partial charge in [0, 0.05) is 29.9 Å². The van der Waals surface area contributed by atoms with Gasteiger partial charge >= 0.3 is 0 Å². The fraction of sp³-hybridized carbons (Fsp3) is 0.0870. The Hall–Kier alpha value is -3.73. The van der Waals surface area contributed by atoms with E-state index >= 15 is 0 Å². The van der Waals surface area contributed by atoms with Crippen molar-refractivity contribution in [1.29, 1.82) is 0 Å². The monoisotopic (exact) mass is 368 g/mol. The molecule has 4 rings (SSSR count). The maximum Gasteiger partial charge on any atom is 0.251 e. The van der Waals surface area contributed by atoms with E-state index in [2.05, 4.69) is 32.7 Å². The Kier molecular flexibility index (Phi) is 5.24. The number of hydrogen-bond donors (Lipinski definition) is 2. The number of benzene rings is 2. The van der Waals surface area contributed by atoms with Crippen LogP contribution >= 0.6 is 0 Å². The molecule has 0 fully saturated rings. The third kappa shape index (κ3) is 4.15. The van der Waals surface area contributed by atoms with Gasteiger partial charge in [-0.2, -0.15) is 0 Å². The number of nitrogens with one attached hydrogen (secondary N) is 2. The molecule has 28 heavy (non-hydrogen) atoms. The molecule has 0 atom stereocenters. The fourth-order valence-electron chi connectivity index (χ4n) is 3.05. The number of rotatable bonds is 6. The minimum Gasteiger partial charge on any atom is -0.352 e. The Labute approximate surface area is 163 Å². The summed E-state index contributed by atoms with van der Waals surface area (Å²) in [5, 5.41) is 7.28. The average molecular weight is 368 g/mol. The molecule has 0 spiro atoms. The van der Waals surface area contributed by atoms with Gasteiger partial charge in [0.1, 0.15) is 5.82 Å². The summed E-state index contributed by atoms with van der Waals surface area (Å²) < 4.78 is 0. The van der Waals surface area contributed by atoms with Crippen LogP contribution in [0.2, 0.25) is 0 Å². The van der Waals surface area contributed by atoms with E-state index in [1.165, 1.54) is 5.56 Å². The van der Waals surface area contributed by atoms with Crippen molar-refractivity contribution in [3.05, 3.63) is 96.3 Å². The van der Waals surface area contributed by atoms with Gasteiger partial charge in [0.05, 0.1) is 11.2 Å². The third-order valence-electron chi connectivity index (χ3n) is 4.46. The Morgan fingerprint density at radius 3 is 2.61 bits per heavy atom. The predicted molar refractivity (Wildman–Crippen MR) is 112 cm³/mol. The van der Waals surface area contributed by atoms with Crippen molar-refractivity contribution in [2.24, 2.45) is 0 Å². The van der Waals surface area contributed by atoms with Crippen LogP contribution in [0.25, 0.3) is 10.9 Å². The van der Waals surface area contributed by atoms with Gasteiger partial charge < -0.3 is 10.6 Å². The van der Waals surface area contributed by atoms with Crippen LogP contribution in [0.4, 0.5) is 11.5 Å². The van der Waals surface area contributed by atoms with Crippen molar-refractivity contribution >= 4 is 28.3 Å². The molecule has 0 aliphatic carbocycles. The molecule has 2 aromatic heterocycles. The van der Waals surface area contributed by atoms with Crippen molar-refractivity contribution in [3.63, 3.8) is 0 Å². The summed E-state index contributed by atoms with van der Waals surface area (Å²) >= 11 is 0. The largest absolute Gasteiger partial charge is 0.352 e. The first kappa shape index (κ1) is 17.7. The lowest BCUT2D eigenvalue weighted by atomic mass is 10.1. The molecule has 0 saturated carbocycles. The highest BCUT2D eigenvalue weighted by atomic mass is 16.1. The zero-order chi connectivity index (χ0) is 19.2. The highest BCUT2D eigenvalue weighted by molar-refractivity contribution is 5.96. The highest BCUT2D eigenvalue weighted by Crippen LogP contribution is 2.23. The van der Waals surface area contributed by atoms with Gasteiger partial charge in [0.15, 0.2) is 0 Å². The summed E-state index contributed by atoms with van der Waals surface area (Å²) in [6.45, 7) is 0.584. The molecule has 0 aliphatic heterocycles. The van der Waals surface area contributed by atoms with Gasteiger partial charge in [0.2, 0.25) is 0 Å². The average Bonchev–Trinajstić information content (AvgIpc) is 2.75. The van der Waals surface area contributed by atoms with Crippen molar-refractivity contribution in [2.45, 2.75) is 6.42 Å². The molecule has 0 unspecified atom stereocenters. The topological polar surface area (TPSA) is 66.9 Å². The molecule has 5 heteroatoms. The smallest absolute Gasteiger partial charge is 0.251 e. The zero-order valence-electron chi connectivity index (χ0n) is 15.3. The number of nitrogens with zero attached hydrogens (tertiary/aromatic N) is 2. The SMILES string of the molecule is O=C(NCCc1ccccc1)c1ccnc(Nc2cccc3cccnc23)c1. The van der Waals surface area contributed by atoms with Gasteiger partial charge in [-0.25, -0.2) is 4.98 Å². The van der Waals surface area contributed by atoms with Crippen LogP contribution in [0.5, 0.6) is 0 Å². The Balaban J connectivity index is 1.44. The lowest BCUT2D eigenvalue weighted by Gasteiger charge is -2.10. The summed E-state index contributed by atoms with van der Waals surface area (Å²) in [4.78, 5) is 21.2. The maximum absolute atomic E-state index is 12.5. The van der Waals surface area contributed by atoms with E-state index in [0.29, 0.717) is 17.9 Å². The molecule has 0 saturated heterocycles. The molecule has 2 N–H and O–H groups in total. The van der Waals surface area contributed by atoms with E-state index in [1.54, 1.807) is 24.5 Å². The van der Waals surface area contributed by atoms with Gasteiger partial charge in [0.25, 0.3) is 5.91 Å². The predicted octanol–water partition coefficient (Wildman–Crippen LogP) is 4.35. The Morgan fingerprint density at radius 2 is 1.71 bits per heavy atom. The lowest BCUT2D eigenvalue weighted by Crippen LogP contribution is -2.25. The molecule has 2 heterocycles. The third-order valence-corrected chi connectivity index (χ3v) is 4.46. The number of aromatic nitrogens is 2. The second-order valence-corrected chi connectivity index (χ2v) is 6.43. The lowest BCUT2D eigenvalue weighted by molar-refractivity contribution is 0.0954. The van der Waals surface area contributed by atoms with Gasteiger partial charge in [-0.3, -0.25) is 9.78 Å². The van der Waals surface area contributed by atoms with E-state index in [4.69, 9.17) is 0 Å². The number of carbonyl (C=O) groups excluding carboxylic acids is 1. The van der Waals surface area contributed by atoms with Crippen LogP contribution in [-0.2, 0) is 6.42 Å². The molecule has 0 aliphatic rings. The van der Waals surface area contributed by atoms with Crippen LogP contribution in [0.1, 0.15) is 15.9 Å². The first-order valence-electron chi connectivity index (χ1n) is 9.18. The Morgan fingerprint density at radius 1 is 0.857 bits per heavy atom. The summed E-state index contributed by atoms with van der Waals surface area (Å²) in [6.07, 6.45) is 4.19. The van der Waals surface area contributed by atoms with E-state index in [0.717, 1.165) is 23.0 Å². The van der Waals surface area contributed by atoms with Gasteiger partial charge in [-0.1, -0.05) is 48.5 Å². The first-order chi connectivity index (χ1) is 13.8. The number of anilines is 2. The van der Waals surface area contributed by atoms with E-state index < -0.39 is 0 Å². The number of pyridine rings is 2. The quantitative estimate of drug-likeness (QED) is 0.531. The number of para-hydroxylation sites is 1. The first-order valence-corrected chi connectivity index (χ1v) is 9.18. The number of carbonyl (C=O) groups is 1. The maximum atomic E-state index is 12.5. The molecular weight excluding hydrogens is 348 g/mol. The van der Waals surface area contributed by atoms with Crippen molar-refractivity contribution in [1.82, 2.24) is 15.3 Å². The summed E-state index contributed by atoms with van der Waals surface area (Å²) in [5.74, 6) is 0.492. The zero-order valence-corrected chi connectivity index (χ0v) is 15.3. The minimum absolute atomic E-state index is 0.113. The fourth-order valence-corrected chi connectivity index (χ4v) is 3.05. The van der Waals surface area contributed by atoms with Crippen LogP contribution in [0, 0.1) is 0 Å². The molecule has 4 aromatic rings. The summed E-state index contributed by atoms with van der Waals surface area (Å²) in [7, 11) is 0. The standard InChI is InChI=1S/C23H20N4O/c28-23(26-14-11-17-6-2-1-3-7-17)19-12-15-24-21(16-19)27-20-10-4-8-18-9-5-13-25-22(18)20/h1-10,12-13,15-16H,11,14H2,(H,24,27)(H,26,28). The van der Waals surface area contributed by atoms with Crippen LogP contribution in [-0.4, -0.2) is 22.4 Å². The number of hydrogen-bond acceptors (Lipinski definition) is 4. The van der Waals surface area contributed by atoms with Crippen LogP contribution < -0.4 is 10.6 Å². The molecule has 1 amide bonds. The highest BCUT2D eigenvalue weighted by Gasteiger charge is 2.08. The second kappa shape index (κ2) is 8.31. The van der Waals surface area contributed by atoms with E-state index in [1.807, 2.05) is 48.5 Å². The molecule has 138 valence electrons. The van der Waals surface area contributed by atoms with E-state index in [9.17, 15) is 4.79 Å². The summed E-state index contributed by atoms with van der Waals surface area (Å²) in [5.41, 5.74) is 3.49. The molecule has 0 radical (unpaired) electrons. The summed E-state index contributed by atoms with van der Waals surface area (Å²) in [6, 6.07) is 23.4. The van der Waals surface area contributed by atoms with Crippen molar-refractivity contribution < 1.29 is 4.79 Å². The number of amides is 1. The van der Waals surface area contributed by atoms with Crippen molar-refractivity contribution in [2.75, 3.05) is 11.9 Å². The molecule has 0 bridgehead atoms.